The van der Waals surface area contributed by atoms with Gasteiger partial charge >= 0.3 is 0 Å². The van der Waals surface area contributed by atoms with Gasteiger partial charge in [0.1, 0.15) is 0 Å². The number of benzene rings is 1. The SMILES string of the molecule is Cc1cc(CNC(C)(C)C)ccc1Sc1ncc[nH]1. The highest BCUT2D eigenvalue weighted by Gasteiger charge is 2.09. The summed E-state index contributed by atoms with van der Waals surface area (Å²) in [6, 6.07) is 6.59. The Morgan fingerprint density at radius 3 is 2.68 bits per heavy atom. The topological polar surface area (TPSA) is 40.7 Å². The largest absolute Gasteiger partial charge is 0.339 e. The number of rotatable bonds is 4. The van der Waals surface area contributed by atoms with Crippen LogP contribution in [0.15, 0.2) is 40.6 Å². The van der Waals surface area contributed by atoms with Gasteiger partial charge < -0.3 is 10.3 Å². The molecule has 2 rings (SSSR count). The van der Waals surface area contributed by atoms with Crippen LogP contribution >= 0.6 is 11.8 Å². The van der Waals surface area contributed by atoms with Gasteiger partial charge in [-0.05, 0) is 44.9 Å². The molecule has 0 unspecified atom stereocenters. The average molecular weight is 275 g/mol. The molecule has 2 aromatic rings. The third kappa shape index (κ3) is 4.40. The lowest BCUT2D eigenvalue weighted by Crippen LogP contribution is -2.35. The Labute approximate surface area is 119 Å². The van der Waals surface area contributed by atoms with Crippen molar-refractivity contribution in [2.24, 2.45) is 0 Å². The summed E-state index contributed by atoms with van der Waals surface area (Å²) in [5, 5.41) is 4.44. The number of aromatic nitrogens is 2. The Bertz CT molecular complexity index is 527. The van der Waals surface area contributed by atoms with E-state index in [1.54, 1.807) is 18.0 Å². The molecule has 1 heterocycles. The summed E-state index contributed by atoms with van der Waals surface area (Å²) in [6.07, 6.45) is 3.62. The van der Waals surface area contributed by atoms with Gasteiger partial charge in [-0.15, -0.1) is 0 Å². The first kappa shape index (κ1) is 14.2. The van der Waals surface area contributed by atoms with Crippen molar-refractivity contribution in [2.45, 2.75) is 49.8 Å². The Balaban J connectivity index is 2.05. The molecular formula is C15H21N3S. The maximum atomic E-state index is 4.24. The molecular weight excluding hydrogens is 254 g/mol. The monoisotopic (exact) mass is 275 g/mol. The van der Waals surface area contributed by atoms with Crippen molar-refractivity contribution in [2.75, 3.05) is 0 Å². The molecule has 0 bridgehead atoms. The molecule has 3 nitrogen and oxygen atoms in total. The molecule has 0 radical (unpaired) electrons. The van der Waals surface area contributed by atoms with Crippen LogP contribution in [0, 0.1) is 6.92 Å². The first-order valence-corrected chi connectivity index (χ1v) is 7.27. The van der Waals surface area contributed by atoms with E-state index in [4.69, 9.17) is 0 Å². The van der Waals surface area contributed by atoms with Crippen molar-refractivity contribution < 1.29 is 0 Å². The molecule has 2 N–H and O–H groups in total. The summed E-state index contributed by atoms with van der Waals surface area (Å²) >= 11 is 1.67. The number of aromatic amines is 1. The molecule has 0 saturated carbocycles. The quantitative estimate of drug-likeness (QED) is 0.892. The molecule has 0 aliphatic heterocycles. The number of hydrogen-bond acceptors (Lipinski definition) is 3. The second kappa shape index (κ2) is 5.80. The number of aryl methyl sites for hydroxylation is 1. The van der Waals surface area contributed by atoms with Gasteiger partial charge in [-0.1, -0.05) is 23.9 Å². The third-order valence-electron chi connectivity index (χ3n) is 2.74. The number of nitrogens with one attached hydrogen (secondary N) is 2. The Morgan fingerprint density at radius 2 is 2.11 bits per heavy atom. The van der Waals surface area contributed by atoms with Crippen molar-refractivity contribution in [1.82, 2.24) is 15.3 Å². The summed E-state index contributed by atoms with van der Waals surface area (Å²) in [7, 11) is 0. The van der Waals surface area contributed by atoms with Crippen LogP contribution in [0.2, 0.25) is 0 Å². The average Bonchev–Trinajstić information content (AvgIpc) is 2.81. The Kier molecular flexibility index (Phi) is 4.32. The number of hydrogen-bond donors (Lipinski definition) is 2. The fraction of sp³-hybridized carbons (Fsp3) is 0.400. The minimum atomic E-state index is 0.148. The van der Waals surface area contributed by atoms with Crippen LogP contribution in [-0.2, 0) is 6.54 Å². The van der Waals surface area contributed by atoms with Crippen molar-refractivity contribution in [3.05, 3.63) is 41.7 Å². The van der Waals surface area contributed by atoms with Gasteiger partial charge in [0, 0.05) is 29.4 Å². The van der Waals surface area contributed by atoms with Crippen LogP contribution in [0.5, 0.6) is 0 Å². The number of H-pyrrole nitrogens is 1. The zero-order valence-electron chi connectivity index (χ0n) is 11.9. The predicted octanol–water partition coefficient (Wildman–Crippen LogP) is 3.76. The van der Waals surface area contributed by atoms with E-state index < -0.39 is 0 Å². The number of imidazole rings is 1. The third-order valence-corrected chi connectivity index (χ3v) is 3.84. The molecule has 0 aliphatic rings. The molecule has 0 atom stereocenters. The predicted molar refractivity (Wildman–Crippen MR) is 80.5 cm³/mol. The first-order chi connectivity index (χ1) is 8.94. The van der Waals surface area contributed by atoms with Crippen molar-refractivity contribution in [3.63, 3.8) is 0 Å². The van der Waals surface area contributed by atoms with E-state index in [1.165, 1.54) is 16.0 Å². The molecule has 19 heavy (non-hydrogen) atoms. The molecule has 0 aliphatic carbocycles. The molecule has 1 aromatic carbocycles. The highest BCUT2D eigenvalue weighted by Crippen LogP contribution is 2.28. The van der Waals surface area contributed by atoms with E-state index in [0.29, 0.717) is 0 Å². The van der Waals surface area contributed by atoms with Gasteiger partial charge in [-0.3, -0.25) is 0 Å². The van der Waals surface area contributed by atoms with E-state index in [9.17, 15) is 0 Å². The molecule has 0 amide bonds. The van der Waals surface area contributed by atoms with Gasteiger partial charge in [-0.2, -0.15) is 0 Å². The molecule has 4 heteroatoms. The summed E-state index contributed by atoms with van der Waals surface area (Å²) in [5.74, 6) is 0. The highest BCUT2D eigenvalue weighted by atomic mass is 32.2. The molecule has 102 valence electrons. The van der Waals surface area contributed by atoms with E-state index in [2.05, 4.69) is 61.2 Å². The standard InChI is InChI=1S/C15H21N3S/c1-11-9-12(10-18-15(2,3)4)5-6-13(11)19-14-16-7-8-17-14/h5-9,18H,10H2,1-4H3,(H,16,17). The van der Waals surface area contributed by atoms with Gasteiger partial charge in [-0.25, -0.2) is 4.98 Å². The van der Waals surface area contributed by atoms with Gasteiger partial charge in [0.25, 0.3) is 0 Å². The summed E-state index contributed by atoms with van der Waals surface area (Å²) in [4.78, 5) is 8.60. The normalized spacial score (nSPS) is 11.8. The summed E-state index contributed by atoms with van der Waals surface area (Å²) in [5.41, 5.74) is 2.75. The second-order valence-electron chi connectivity index (χ2n) is 5.70. The second-order valence-corrected chi connectivity index (χ2v) is 6.73. The van der Waals surface area contributed by atoms with Crippen molar-refractivity contribution in [3.8, 4) is 0 Å². The summed E-state index contributed by atoms with van der Waals surface area (Å²) in [6.45, 7) is 9.59. The van der Waals surface area contributed by atoms with E-state index in [0.717, 1.165) is 11.7 Å². The van der Waals surface area contributed by atoms with E-state index in [1.807, 2.05) is 6.20 Å². The van der Waals surface area contributed by atoms with Crippen molar-refractivity contribution in [1.29, 1.82) is 0 Å². The van der Waals surface area contributed by atoms with Crippen LogP contribution in [0.3, 0.4) is 0 Å². The maximum absolute atomic E-state index is 4.24. The van der Waals surface area contributed by atoms with Gasteiger partial charge in [0.2, 0.25) is 0 Å². The zero-order chi connectivity index (χ0) is 13.9. The van der Waals surface area contributed by atoms with Crippen LogP contribution in [0.4, 0.5) is 0 Å². The molecule has 1 aromatic heterocycles. The highest BCUT2D eigenvalue weighted by molar-refractivity contribution is 7.99. The molecule has 0 spiro atoms. The van der Waals surface area contributed by atoms with Crippen LogP contribution in [0.25, 0.3) is 0 Å². The Morgan fingerprint density at radius 1 is 1.32 bits per heavy atom. The number of nitrogens with zero attached hydrogens (tertiary/aromatic N) is 1. The minimum absolute atomic E-state index is 0.148. The minimum Gasteiger partial charge on any atom is -0.339 e. The Hall–Kier alpha value is -1.26. The van der Waals surface area contributed by atoms with E-state index in [-0.39, 0.29) is 5.54 Å². The maximum Gasteiger partial charge on any atom is 0.170 e. The van der Waals surface area contributed by atoms with Crippen molar-refractivity contribution >= 4 is 11.8 Å². The lowest BCUT2D eigenvalue weighted by molar-refractivity contribution is 0.424. The van der Waals surface area contributed by atoms with Gasteiger partial charge in [0.15, 0.2) is 5.16 Å². The molecule has 0 saturated heterocycles. The first-order valence-electron chi connectivity index (χ1n) is 6.46. The zero-order valence-corrected chi connectivity index (χ0v) is 12.8. The lowest BCUT2D eigenvalue weighted by Gasteiger charge is -2.20. The van der Waals surface area contributed by atoms with Gasteiger partial charge in [0.05, 0.1) is 0 Å². The lowest BCUT2D eigenvalue weighted by atomic mass is 10.1. The fourth-order valence-electron chi connectivity index (χ4n) is 1.71. The smallest absolute Gasteiger partial charge is 0.170 e. The van der Waals surface area contributed by atoms with E-state index >= 15 is 0 Å². The molecule has 0 fully saturated rings. The summed E-state index contributed by atoms with van der Waals surface area (Å²) < 4.78 is 0. The van der Waals surface area contributed by atoms with Crippen LogP contribution < -0.4 is 5.32 Å². The van der Waals surface area contributed by atoms with Crippen LogP contribution in [-0.4, -0.2) is 15.5 Å². The van der Waals surface area contributed by atoms with Crippen LogP contribution in [0.1, 0.15) is 31.9 Å². The fourth-order valence-corrected chi connectivity index (χ4v) is 2.52.